The molecule has 2 aromatic carbocycles. The zero-order valence-electron chi connectivity index (χ0n) is 19.2. The smallest absolute Gasteiger partial charge is 0.336 e. The van der Waals surface area contributed by atoms with Crippen LogP contribution in [0.25, 0.3) is 16.7 Å². The first kappa shape index (κ1) is 21.3. The van der Waals surface area contributed by atoms with Crippen LogP contribution in [0.1, 0.15) is 36.5 Å². The van der Waals surface area contributed by atoms with E-state index in [2.05, 4.69) is 52.2 Å². The van der Waals surface area contributed by atoms with Crippen molar-refractivity contribution in [2.24, 2.45) is 0 Å². The van der Waals surface area contributed by atoms with Crippen molar-refractivity contribution in [3.8, 4) is 5.69 Å². The lowest BCUT2D eigenvalue weighted by Crippen LogP contribution is -2.47. The fourth-order valence-corrected chi connectivity index (χ4v) is 4.61. The molecule has 2 aromatic heterocycles. The van der Waals surface area contributed by atoms with E-state index in [9.17, 15) is 4.79 Å². The lowest BCUT2D eigenvalue weighted by molar-refractivity contribution is 0.248. The number of nitrogens with zero attached hydrogens (tertiary/aromatic N) is 6. The van der Waals surface area contributed by atoms with Gasteiger partial charge >= 0.3 is 5.63 Å². The van der Waals surface area contributed by atoms with Crippen molar-refractivity contribution >= 4 is 16.9 Å². The molecule has 1 fully saturated rings. The summed E-state index contributed by atoms with van der Waals surface area (Å²) in [6.45, 7) is 10.5. The molecule has 0 aliphatic carbocycles. The number of aryl methyl sites for hydroxylation is 1. The van der Waals surface area contributed by atoms with Gasteiger partial charge in [-0.2, -0.15) is 4.68 Å². The molecule has 0 amide bonds. The van der Waals surface area contributed by atoms with Gasteiger partial charge in [-0.25, -0.2) is 4.79 Å². The second-order valence-electron chi connectivity index (χ2n) is 8.94. The lowest BCUT2D eigenvalue weighted by atomic mass is 9.95. The van der Waals surface area contributed by atoms with E-state index < -0.39 is 0 Å². The van der Waals surface area contributed by atoms with E-state index >= 15 is 0 Å². The maximum atomic E-state index is 12.2. The van der Waals surface area contributed by atoms with E-state index in [4.69, 9.17) is 4.42 Å². The predicted molar refractivity (Wildman–Crippen MR) is 128 cm³/mol. The van der Waals surface area contributed by atoms with Crippen molar-refractivity contribution in [2.75, 3.05) is 31.1 Å². The largest absolute Gasteiger partial charge is 0.423 e. The van der Waals surface area contributed by atoms with Crippen molar-refractivity contribution in [1.82, 2.24) is 25.1 Å². The van der Waals surface area contributed by atoms with Gasteiger partial charge in [-0.05, 0) is 64.2 Å². The van der Waals surface area contributed by atoms with Crippen LogP contribution in [0.3, 0.4) is 0 Å². The molecule has 0 saturated carbocycles. The summed E-state index contributed by atoms with van der Waals surface area (Å²) in [4.78, 5) is 16.8. The van der Waals surface area contributed by atoms with E-state index in [1.54, 1.807) is 10.7 Å². The summed E-state index contributed by atoms with van der Waals surface area (Å²) < 4.78 is 7.30. The van der Waals surface area contributed by atoms with Gasteiger partial charge in [-0.3, -0.25) is 4.90 Å². The molecule has 8 nitrogen and oxygen atoms in total. The Morgan fingerprint density at radius 3 is 2.52 bits per heavy atom. The number of hydrogen-bond donors (Lipinski definition) is 0. The molecule has 170 valence electrons. The number of rotatable bonds is 5. The molecule has 0 N–H and O–H groups in total. The highest BCUT2D eigenvalue weighted by Crippen LogP contribution is 2.28. The number of hydrogen-bond acceptors (Lipinski definition) is 7. The van der Waals surface area contributed by atoms with Gasteiger partial charge in [0, 0.05) is 44.2 Å². The highest BCUT2D eigenvalue weighted by Gasteiger charge is 2.23. The Morgan fingerprint density at radius 2 is 1.79 bits per heavy atom. The molecular formula is C25H28N6O2. The van der Waals surface area contributed by atoms with Crippen molar-refractivity contribution in [3.05, 3.63) is 75.6 Å². The third-order valence-corrected chi connectivity index (χ3v) is 6.34. The second kappa shape index (κ2) is 8.78. The summed E-state index contributed by atoms with van der Waals surface area (Å²) in [6.07, 6.45) is 0. The number of aromatic nitrogens is 4. The van der Waals surface area contributed by atoms with Crippen molar-refractivity contribution in [2.45, 2.75) is 33.2 Å². The van der Waals surface area contributed by atoms with Crippen LogP contribution >= 0.6 is 0 Å². The Kier molecular flexibility index (Phi) is 5.68. The minimum Gasteiger partial charge on any atom is -0.423 e. The number of fused-ring (bicyclic) bond motifs is 1. The molecule has 3 heterocycles. The van der Waals surface area contributed by atoms with Gasteiger partial charge in [0.25, 0.3) is 0 Å². The van der Waals surface area contributed by atoms with E-state index in [0.717, 1.165) is 54.3 Å². The topological polar surface area (TPSA) is 80.3 Å². The summed E-state index contributed by atoms with van der Waals surface area (Å²) in [6, 6.07) is 15.8. The first-order valence-electron chi connectivity index (χ1n) is 11.4. The molecule has 0 radical (unpaired) electrons. The van der Waals surface area contributed by atoms with Gasteiger partial charge in [0.2, 0.25) is 5.95 Å². The van der Waals surface area contributed by atoms with Crippen LogP contribution in [0.15, 0.2) is 57.7 Å². The maximum Gasteiger partial charge on any atom is 0.336 e. The van der Waals surface area contributed by atoms with Crippen LogP contribution in [0.5, 0.6) is 0 Å². The summed E-state index contributed by atoms with van der Waals surface area (Å²) in [5, 5.41) is 13.4. The third-order valence-electron chi connectivity index (χ3n) is 6.34. The fourth-order valence-electron chi connectivity index (χ4n) is 4.61. The van der Waals surface area contributed by atoms with Crippen molar-refractivity contribution in [1.29, 1.82) is 0 Å². The Labute approximate surface area is 192 Å². The van der Waals surface area contributed by atoms with Crippen LogP contribution in [0.2, 0.25) is 0 Å². The highest BCUT2D eigenvalue weighted by atomic mass is 16.4. The Bertz CT molecular complexity index is 1320. The summed E-state index contributed by atoms with van der Waals surface area (Å²) in [5.74, 6) is 1.16. The molecule has 8 heteroatoms. The highest BCUT2D eigenvalue weighted by molar-refractivity contribution is 5.82. The minimum atomic E-state index is -0.296. The average molecular weight is 445 g/mol. The lowest BCUT2D eigenvalue weighted by Gasteiger charge is -2.34. The van der Waals surface area contributed by atoms with Gasteiger partial charge in [0.05, 0.1) is 5.69 Å². The molecule has 1 aliphatic heterocycles. The van der Waals surface area contributed by atoms with Crippen LogP contribution in [0.4, 0.5) is 5.95 Å². The maximum absolute atomic E-state index is 12.2. The Balaban J connectivity index is 1.35. The summed E-state index contributed by atoms with van der Waals surface area (Å²) >= 11 is 0. The Morgan fingerprint density at radius 1 is 1.03 bits per heavy atom. The molecular weight excluding hydrogens is 416 g/mol. The van der Waals surface area contributed by atoms with Crippen LogP contribution in [-0.4, -0.2) is 51.3 Å². The minimum absolute atomic E-state index is 0.296. The molecule has 33 heavy (non-hydrogen) atoms. The number of benzene rings is 2. The van der Waals surface area contributed by atoms with Gasteiger partial charge < -0.3 is 9.32 Å². The van der Waals surface area contributed by atoms with Gasteiger partial charge in [0.15, 0.2) is 0 Å². The second-order valence-corrected chi connectivity index (χ2v) is 8.94. The first-order valence-corrected chi connectivity index (χ1v) is 11.4. The number of anilines is 1. The fraction of sp³-hybridized carbons (Fsp3) is 0.360. The Hall–Kier alpha value is -3.52. The molecule has 1 aliphatic rings. The molecule has 0 atom stereocenters. The quantitative estimate of drug-likeness (QED) is 0.436. The van der Waals surface area contributed by atoms with Crippen LogP contribution in [-0.2, 0) is 6.54 Å². The zero-order valence-corrected chi connectivity index (χ0v) is 19.2. The molecule has 0 unspecified atom stereocenters. The standard InChI is InChI=1S/C25H28N6O2/c1-17(2)21-15-22-19(14-24(32)33-23(22)13-18(21)3)16-29-9-11-30(12-10-29)25-26-27-28-31(25)20-7-5-4-6-8-20/h4-8,13-15,17H,9-12,16H2,1-3H3. The van der Waals surface area contributed by atoms with Gasteiger partial charge in [-0.1, -0.05) is 37.1 Å². The molecule has 1 saturated heterocycles. The summed E-state index contributed by atoms with van der Waals surface area (Å²) in [7, 11) is 0. The van der Waals surface area contributed by atoms with Crippen LogP contribution in [0, 0.1) is 6.92 Å². The number of piperazine rings is 1. The molecule has 4 aromatic rings. The zero-order chi connectivity index (χ0) is 22.9. The van der Waals surface area contributed by atoms with E-state index in [1.807, 2.05) is 36.4 Å². The predicted octanol–water partition coefficient (Wildman–Crippen LogP) is 3.52. The normalized spacial score (nSPS) is 15.0. The molecule has 0 bridgehead atoms. The van der Waals surface area contributed by atoms with E-state index in [-0.39, 0.29) is 5.63 Å². The number of tetrazole rings is 1. The first-order chi connectivity index (χ1) is 16.0. The molecule has 5 rings (SSSR count). The number of para-hydroxylation sites is 1. The van der Waals surface area contributed by atoms with E-state index in [1.165, 1.54) is 5.56 Å². The van der Waals surface area contributed by atoms with Crippen LogP contribution < -0.4 is 10.5 Å². The monoisotopic (exact) mass is 444 g/mol. The third kappa shape index (κ3) is 4.26. The van der Waals surface area contributed by atoms with Gasteiger partial charge in [0.1, 0.15) is 5.58 Å². The molecule has 0 spiro atoms. The van der Waals surface area contributed by atoms with Crippen molar-refractivity contribution in [3.63, 3.8) is 0 Å². The summed E-state index contributed by atoms with van der Waals surface area (Å²) in [5.41, 5.74) is 4.78. The average Bonchev–Trinajstić information content (AvgIpc) is 3.29. The SMILES string of the molecule is Cc1cc2oc(=O)cc(CN3CCN(c4nnnn4-c4ccccc4)CC3)c2cc1C(C)C. The van der Waals surface area contributed by atoms with Crippen molar-refractivity contribution < 1.29 is 4.42 Å². The van der Waals surface area contributed by atoms with E-state index in [0.29, 0.717) is 18.0 Å². The van der Waals surface area contributed by atoms with Gasteiger partial charge in [-0.15, -0.1) is 0 Å².